The average molecular weight is 268 g/mol. The minimum absolute atomic E-state index is 0.646. The molecular formula is C16H16N2O2. The van der Waals surface area contributed by atoms with Gasteiger partial charge in [-0.1, -0.05) is 36.4 Å². The van der Waals surface area contributed by atoms with E-state index in [9.17, 15) is 5.11 Å². The average Bonchev–Trinajstić information content (AvgIpc) is 2.84. The van der Waals surface area contributed by atoms with Gasteiger partial charge >= 0.3 is 0 Å². The van der Waals surface area contributed by atoms with Gasteiger partial charge in [0.2, 0.25) is 0 Å². The monoisotopic (exact) mass is 268 g/mol. The zero-order valence-electron chi connectivity index (χ0n) is 11.4. The Bertz CT molecular complexity index is 749. The Balaban J connectivity index is 2.15. The zero-order valence-corrected chi connectivity index (χ0v) is 11.4. The van der Waals surface area contributed by atoms with E-state index in [-0.39, 0.29) is 0 Å². The molecule has 0 saturated carbocycles. The van der Waals surface area contributed by atoms with Crippen LogP contribution in [-0.4, -0.2) is 22.0 Å². The predicted molar refractivity (Wildman–Crippen MR) is 77.8 cm³/mol. The van der Waals surface area contributed by atoms with Crippen molar-refractivity contribution in [2.24, 2.45) is 7.05 Å². The molecule has 3 aromatic rings. The molecule has 0 aliphatic rings. The summed E-state index contributed by atoms with van der Waals surface area (Å²) in [6, 6.07) is 15.3. The van der Waals surface area contributed by atoms with Crippen molar-refractivity contribution < 1.29 is 9.84 Å². The summed E-state index contributed by atoms with van der Waals surface area (Å²) in [5, 5.41) is 16.1. The van der Waals surface area contributed by atoms with E-state index in [1.54, 1.807) is 11.8 Å². The molecule has 0 amide bonds. The molecule has 0 spiro atoms. The van der Waals surface area contributed by atoms with Crippen LogP contribution in [0.1, 0.15) is 17.4 Å². The van der Waals surface area contributed by atoms with Crippen LogP contribution >= 0.6 is 0 Å². The van der Waals surface area contributed by atoms with Crippen LogP contribution in [0.3, 0.4) is 0 Å². The maximum Gasteiger partial charge on any atom is 0.127 e. The van der Waals surface area contributed by atoms with Gasteiger partial charge in [0.15, 0.2) is 0 Å². The van der Waals surface area contributed by atoms with E-state index in [2.05, 4.69) is 5.10 Å². The Labute approximate surface area is 117 Å². The number of nitrogens with zero attached hydrogens (tertiary/aromatic N) is 2. The van der Waals surface area contributed by atoms with Crippen molar-refractivity contribution in [1.29, 1.82) is 0 Å². The van der Waals surface area contributed by atoms with Crippen LogP contribution in [0, 0.1) is 0 Å². The van der Waals surface area contributed by atoms with Gasteiger partial charge in [0.05, 0.1) is 12.6 Å². The van der Waals surface area contributed by atoms with Crippen molar-refractivity contribution in [3.63, 3.8) is 0 Å². The fourth-order valence-electron chi connectivity index (χ4n) is 2.48. The minimum atomic E-state index is -0.808. The Morgan fingerprint density at radius 2 is 1.80 bits per heavy atom. The summed E-state index contributed by atoms with van der Waals surface area (Å²) >= 11 is 0. The highest BCUT2D eigenvalue weighted by atomic mass is 16.5. The lowest BCUT2D eigenvalue weighted by molar-refractivity contribution is 0.210. The molecule has 1 heterocycles. The van der Waals surface area contributed by atoms with Gasteiger partial charge in [0, 0.05) is 18.0 Å². The highest BCUT2D eigenvalue weighted by Gasteiger charge is 2.20. The number of methoxy groups -OCH3 is 1. The number of hydrogen-bond acceptors (Lipinski definition) is 3. The molecule has 102 valence electrons. The van der Waals surface area contributed by atoms with Gasteiger partial charge in [-0.3, -0.25) is 4.68 Å². The quantitative estimate of drug-likeness (QED) is 0.794. The molecule has 0 radical (unpaired) electrons. The number of ether oxygens (including phenoxy) is 1. The van der Waals surface area contributed by atoms with E-state index < -0.39 is 6.10 Å². The number of benzene rings is 2. The summed E-state index contributed by atoms with van der Waals surface area (Å²) in [7, 11) is 3.48. The Morgan fingerprint density at radius 3 is 2.60 bits per heavy atom. The third kappa shape index (κ3) is 1.94. The first-order chi connectivity index (χ1) is 9.72. The number of rotatable bonds is 3. The molecule has 0 saturated heterocycles. The second-order valence-electron chi connectivity index (χ2n) is 4.67. The van der Waals surface area contributed by atoms with E-state index in [1.165, 1.54) is 0 Å². The largest absolute Gasteiger partial charge is 0.496 e. The van der Waals surface area contributed by atoms with E-state index in [0.29, 0.717) is 11.4 Å². The SMILES string of the molecule is COc1ccccc1C(O)c1nn(C)c2ccccc12. The maximum atomic E-state index is 10.7. The topological polar surface area (TPSA) is 47.3 Å². The first kappa shape index (κ1) is 12.7. The summed E-state index contributed by atoms with van der Waals surface area (Å²) in [5.74, 6) is 0.662. The number of para-hydroxylation sites is 2. The second-order valence-corrected chi connectivity index (χ2v) is 4.67. The fraction of sp³-hybridized carbons (Fsp3) is 0.188. The standard InChI is InChI=1S/C16H16N2O2/c1-18-13-9-5-3-7-11(13)15(17-18)16(19)12-8-4-6-10-14(12)20-2/h3-10,16,19H,1-2H3. The van der Waals surface area contributed by atoms with E-state index >= 15 is 0 Å². The van der Waals surface area contributed by atoms with Crippen LogP contribution in [0.5, 0.6) is 5.75 Å². The van der Waals surface area contributed by atoms with E-state index in [4.69, 9.17) is 4.74 Å². The summed E-state index contributed by atoms with van der Waals surface area (Å²) < 4.78 is 7.09. The number of hydrogen-bond donors (Lipinski definition) is 1. The summed E-state index contributed by atoms with van der Waals surface area (Å²) in [6.07, 6.45) is -0.808. The molecule has 1 atom stereocenters. The van der Waals surface area contributed by atoms with Gasteiger partial charge in [0.25, 0.3) is 0 Å². The molecule has 0 fully saturated rings. The van der Waals surface area contributed by atoms with E-state index in [1.807, 2.05) is 55.6 Å². The van der Waals surface area contributed by atoms with Crippen LogP contribution in [0.15, 0.2) is 48.5 Å². The van der Waals surface area contributed by atoms with Crippen molar-refractivity contribution in [2.75, 3.05) is 7.11 Å². The van der Waals surface area contributed by atoms with Crippen molar-refractivity contribution in [3.05, 3.63) is 59.8 Å². The van der Waals surface area contributed by atoms with Crippen molar-refractivity contribution in [2.45, 2.75) is 6.10 Å². The third-order valence-electron chi connectivity index (χ3n) is 3.48. The number of aryl methyl sites for hydroxylation is 1. The molecule has 0 bridgehead atoms. The van der Waals surface area contributed by atoms with Gasteiger partial charge in [-0.15, -0.1) is 0 Å². The van der Waals surface area contributed by atoms with Gasteiger partial charge in [-0.05, 0) is 12.1 Å². The Kier molecular flexibility index (Phi) is 3.16. The molecule has 3 rings (SSSR count). The number of aromatic nitrogens is 2. The highest BCUT2D eigenvalue weighted by Crippen LogP contribution is 2.32. The van der Waals surface area contributed by atoms with Crippen LogP contribution in [0.4, 0.5) is 0 Å². The molecule has 1 aromatic heterocycles. The van der Waals surface area contributed by atoms with Gasteiger partial charge in [-0.2, -0.15) is 5.10 Å². The normalized spacial score (nSPS) is 12.6. The lowest BCUT2D eigenvalue weighted by atomic mass is 10.0. The van der Waals surface area contributed by atoms with Gasteiger partial charge in [0.1, 0.15) is 17.5 Å². The fourth-order valence-corrected chi connectivity index (χ4v) is 2.48. The molecule has 2 aromatic carbocycles. The first-order valence-electron chi connectivity index (χ1n) is 6.45. The molecule has 4 heteroatoms. The van der Waals surface area contributed by atoms with Crippen LogP contribution in [-0.2, 0) is 7.05 Å². The molecule has 1 unspecified atom stereocenters. The molecular weight excluding hydrogens is 252 g/mol. The minimum Gasteiger partial charge on any atom is -0.496 e. The van der Waals surface area contributed by atoms with Gasteiger partial charge in [-0.25, -0.2) is 0 Å². The number of fused-ring (bicyclic) bond motifs is 1. The molecule has 0 aliphatic carbocycles. The molecule has 0 aliphatic heterocycles. The van der Waals surface area contributed by atoms with E-state index in [0.717, 1.165) is 16.5 Å². The summed E-state index contributed by atoms with van der Waals surface area (Å²) in [5.41, 5.74) is 2.36. The van der Waals surface area contributed by atoms with Crippen LogP contribution in [0.25, 0.3) is 10.9 Å². The predicted octanol–water partition coefficient (Wildman–Crippen LogP) is 2.66. The van der Waals surface area contributed by atoms with Crippen molar-refractivity contribution in [1.82, 2.24) is 9.78 Å². The maximum absolute atomic E-state index is 10.7. The second kappa shape index (κ2) is 4.98. The Hall–Kier alpha value is -2.33. The number of aliphatic hydroxyl groups excluding tert-OH is 1. The lowest BCUT2D eigenvalue weighted by Gasteiger charge is -2.13. The first-order valence-corrected chi connectivity index (χ1v) is 6.45. The van der Waals surface area contributed by atoms with Gasteiger partial charge < -0.3 is 9.84 Å². The van der Waals surface area contributed by atoms with Crippen LogP contribution in [0.2, 0.25) is 0 Å². The lowest BCUT2D eigenvalue weighted by Crippen LogP contribution is -2.04. The summed E-state index contributed by atoms with van der Waals surface area (Å²) in [6.45, 7) is 0. The smallest absolute Gasteiger partial charge is 0.127 e. The van der Waals surface area contributed by atoms with Crippen molar-refractivity contribution in [3.8, 4) is 5.75 Å². The molecule has 1 N–H and O–H groups in total. The Morgan fingerprint density at radius 1 is 1.10 bits per heavy atom. The molecule has 4 nitrogen and oxygen atoms in total. The van der Waals surface area contributed by atoms with Crippen molar-refractivity contribution >= 4 is 10.9 Å². The number of aliphatic hydroxyl groups is 1. The summed E-state index contributed by atoms with van der Waals surface area (Å²) in [4.78, 5) is 0. The highest BCUT2D eigenvalue weighted by molar-refractivity contribution is 5.82. The zero-order chi connectivity index (χ0) is 14.1. The molecule has 20 heavy (non-hydrogen) atoms. The third-order valence-corrected chi connectivity index (χ3v) is 3.48. The van der Waals surface area contributed by atoms with Crippen LogP contribution < -0.4 is 4.74 Å².